The Morgan fingerprint density at radius 1 is 1.18 bits per heavy atom. The molecule has 0 spiro atoms. The number of halogens is 1. The van der Waals surface area contributed by atoms with Gasteiger partial charge < -0.3 is 9.80 Å². The average Bonchev–Trinajstić information content (AvgIpc) is 2.67. The molecule has 1 amide bonds. The van der Waals surface area contributed by atoms with E-state index >= 15 is 0 Å². The monoisotopic (exact) mass is 413 g/mol. The average molecular weight is 414 g/mol. The Morgan fingerprint density at radius 3 is 2.29 bits per heavy atom. The molecule has 2 rings (SSSR count). The summed E-state index contributed by atoms with van der Waals surface area (Å²) in [7, 11) is -0.348. The molecular weight excluding hydrogens is 381 g/mol. The second-order valence-corrected chi connectivity index (χ2v) is 9.79. The van der Waals surface area contributed by atoms with Crippen LogP contribution in [0.15, 0.2) is 29.2 Å². The summed E-state index contributed by atoms with van der Waals surface area (Å²) < 4.78 is 39.2. The summed E-state index contributed by atoms with van der Waals surface area (Å²) in [6.45, 7) is 6.61. The van der Waals surface area contributed by atoms with Crippen molar-refractivity contribution < 1.29 is 17.6 Å². The van der Waals surface area contributed by atoms with Crippen molar-refractivity contribution in [1.82, 2.24) is 14.1 Å². The molecule has 1 aromatic rings. The van der Waals surface area contributed by atoms with Crippen molar-refractivity contribution >= 4 is 15.9 Å². The fraction of sp³-hybridized carbons (Fsp3) is 0.650. The molecule has 0 unspecified atom stereocenters. The lowest BCUT2D eigenvalue weighted by Crippen LogP contribution is -2.47. The molecule has 1 aliphatic rings. The molecule has 0 N–H and O–H groups in total. The summed E-state index contributed by atoms with van der Waals surface area (Å²) in [6, 6.07) is 5.55. The zero-order valence-corrected chi connectivity index (χ0v) is 18.1. The van der Waals surface area contributed by atoms with Crippen LogP contribution in [-0.2, 0) is 14.8 Å². The Bertz CT molecular complexity index is 744. The molecule has 0 aliphatic carbocycles. The highest BCUT2D eigenvalue weighted by Crippen LogP contribution is 2.19. The van der Waals surface area contributed by atoms with Crippen molar-refractivity contribution in [1.29, 1.82) is 0 Å². The van der Waals surface area contributed by atoms with E-state index < -0.39 is 15.8 Å². The van der Waals surface area contributed by atoms with Gasteiger partial charge in [-0.3, -0.25) is 4.79 Å². The summed E-state index contributed by atoms with van der Waals surface area (Å²) >= 11 is 0. The fourth-order valence-corrected chi connectivity index (χ4v) is 4.74. The van der Waals surface area contributed by atoms with E-state index in [4.69, 9.17) is 0 Å². The summed E-state index contributed by atoms with van der Waals surface area (Å²) in [5.41, 5.74) is 0. The number of hydrogen-bond donors (Lipinski definition) is 0. The van der Waals surface area contributed by atoms with E-state index in [2.05, 4.69) is 18.7 Å². The minimum absolute atomic E-state index is 0.0515. The zero-order valence-electron chi connectivity index (χ0n) is 17.3. The minimum Gasteiger partial charge on any atom is -0.343 e. The number of piperidine rings is 1. The predicted molar refractivity (Wildman–Crippen MR) is 108 cm³/mol. The number of likely N-dealkylation sites (tertiary alicyclic amines) is 1. The first-order valence-electron chi connectivity index (χ1n) is 9.84. The topological polar surface area (TPSA) is 60.9 Å². The van der Waals surface area contributed by atoms with Gasteiger partial charge in [0.25, 0.3) is 0 Å². The molecule has 0 bridgehead atoms. The number of carbonyl (C=O) groups is 1. The molecule has 158 valence electrons. The van der Waals surface area contributed by atoms with E-state index in [1.807, 2.05) is 11.9 Å². The van der Waals surface area contributed by atoms with Crippen molar-refractivity contribution in [3.63, 3.8) is 0 Å². The summed E-state index contributed by atoms with van der Waals surface area (Å²) in [5, 5.41) is 0. The van der Waals surface area contributed by atoms with Gasteiger partial charge >= 0.3 is 0 Å². The first-order chi connectivity index (χ1) is 13.1. The smallest absolute Gasteiger partial charge is 0.242 e. The van der Waals surface area contributed by atoms with E-state index in [9.17, 15) is 17.6 Å². The molecule has 1 aromatic carbocycles. The quantitative estimate of drug-likeness (QED) is 0.657. The van der Waals surface area contributed by atoms with Gasteiger partial charge in [-0.05, 0) is 57.4 Å². The molecule has 28 heavy (non-hydrogen) atoms. The lowest BCUT2D eigenvalue weighted by atomic mass is 10.0. The number of carbonyl (C=O) groups excluding carboxylic acids is 1. The summed E-state index contributed by atoms with van der Waals surface area (Å²) in [4.78, 5) is 16.8. The molecule has 6 nitrogen and oxygen atoms in total. The minimum atomic E-state index is -3.67. The van der Waals surface area contributed by atoms with Crippen LogP contribution in [0.1, 0.15) is 39.5 Å². The van der Waals surface area contributed by atoms with E-state index in [-0.39, 0.29) is 23.4 Å². The molecule has 0 aromatic heterocycles. The fourth-order valence-electron chi connectivity index (χ4n) is 3.53. The molecule has 0 radical (unpaired) electrons. The largest absolute Gasteiger partial charge is 0.343 e. The van der Waals surface area contributed by atoms with Gasteiger partial charge in [0.05, 0.1) is 4.90 Å². The Balaban J connectivity index is 1.80. The Hall–Kier alpha value is -1.51. The number of sulfonamides is 1. The zero-order chi connectivity index (χ0) is 20.9. The van der Waals surface area contributed by atoms with Gasteiger partial charge in [0.1, 0.15) is 5.82 Å². The lowest BCUT2D eigenvalue weighted by Gasteiger charge is -2.38. The maximum absolute atomic E-state index is 13.0. The number of hydrogen-bond acceptors (Lipinski definition) is 4. The maximum atomic E-state index is 13.0. The van der Waals surface area contributed by atoms with E-state index in [0.717, 1.165) is 38.1 Å². The summed E-state index contributed by atoms with van der Waals surface area (Å²) in [6.07, 6.45) is 2.70. The highest BCUT2D eigenvalue weighted by Gasteiger charge is 2.26. The second kappa shape index (κ2) is 9.80. The van der Waals surface area contributed by atoms with Gasteiger partial charge in [-0.2, -0.15) is 0 Å². The maximum Gasteiger partial charge on any atom is 0.242 e. The molecule has 1 fully saturated rings. The Morgan fingerprint density at radius 2 is 1.75 bits per heavy atom. The number of nitrogens with zero attached hydrogens (tertiary/aromatic N) is 3. The molecule has 1 aliphatic heterocycles. The molecule has 1 heterocycles. The Labute approximate surface area is 168 Å². The lowest BCUT2D eigenvalue weighted by molar-refractivity contribution is -0.133. The van der Waals surface area contributed by atoms with Crippen molar-refractivity contribution in [2.24, 2.45) is 0 Å². The second-order valence-electron chi connectivity index (χ2n) is 7.75. The third-order valence-corrected chi connectivity index (χ3v) is 7.43. The van der Waals surface area contributed by atoms with Crippen LogP contribution in [0.4, 0.5) is 4.39 Å². The van der Waals surface area contributed by atoms with Crippen LogP contribution in [0.5, 0.6) is 0 Å². The van der Waals surface area contributed by atoms with Crippen LogP contribution in [0.2, 0.25) is 0 Å². The standard InChI is InChI=1S/C20H32FN3O3S/c1-16(2)24-14-11-18(12-15-24)23(4)20(25)6-5-13-22(3)28(26,27)19-9-7-17(21)8-10-19/h7-10,16,18H,5-6,11-15H2,1-4H3. The Kier molecular flexibility index (Phi) is 7.97. The third-order valence-electron chi connectivity index (χ3n) is 5.56. The highest BCUT2D eigenvalue weighted by molar-refractivity contribution is 7.89. The van der Waals surface area contributed by atoms with Crippen LogP contribution in [-0.4, -0.2) is 74.2 Å². The first kappa shape index (κ1) is 22.8. The van der Waals surface area contributed by atoms with Crippen LogP contribution < -0.4 is 0 Å². The number of rotatable bonds is 8. The van der Waals surface area contributed by atoms with Gasteiger partial charge in [0, 0.05) is 52.2 Å². The normalized spacial score (nSPS) is 16.7. The van der Waals surface area contributed by atoms with Crippen molar-refractivity contribution in [2.45, 2.75) is 56.5 Å². The van der Waals surface area contributed by atoms with Crippen molar-refractivity contribution in [3.05, 3.63) is 30.1 Å². The van der Waals surface area contributed by atoms with Gasteiger partial charge in [-0.15, -0.1) is 0 Å². The molecule has 8 heteroatoms. The van der Waals surface area contributed by atoms with Gasteiger partial charge in [0.15, 0.2) is 0 Å². The van der Waals surface area contributed by atoms with Crippen molar-refractivity contribution in [2.75, 3.05) is 33.7 Å². The SMILES string of the molecule is CC(C)N1CCC(N(C)C(=O)CCCN(C)S(=O)(=O)c2ccc(F)cc2)CC1. The van der Waals surface area contributed by atoms with Gasteiger partial charge in [-0.1, -0.05) is 0 Å². The van der Waals surface area contributed by atoms with Crippen LogP contribution in [0.25, 0.3) is 0 Å². The van der Waals surface area contributed by atoms with E-state index in [1.54, 1.807) is 0 Å². The summed E-state index contributed by atoms with van der Waals surface area (Å²) in [5.74, 6) is -0.426. The molecule has 0 atom stereocenters. The molecule has 0 saturated carbocycles. The first-order valence-corrected chi connectivity index (χ1v) is 11.3. The van der Waals surface area contributed by atoms with Gasteiger partial charge in [0.2, 0.25) is 15.9 Å². The van der Waals surface area contributed by atoms with Crippen LogP contribution in [0, 0.1) is 5.82 Å². The van der Waals surface area contributed by atoms with E-state index in [1.165, 1.54) is 23.5 Å². The number of benzene rings is 1. The van der Waals surface area contributed by atoms with Crippen molar-refractivity contribution in [3.8, 4) is 0 Å². The van der Waals surface area contributed by atoms with Crippen LogP contribution >= 0.6 is 0 Å². The molecule has 1 saturated heterocycles. The van der Waals surface area contributed by atoms with Crippen LogP contribution in [0.3, 0.4) is 0 Å². The third kappa shape index (κ3) is 5.75. The number of amides is 1. The highest BCUT2D eigenvalue weighted by atomic mass is 32.2. The molecular formula is C20H32FN3O3S. The van der Waals surface area contributed by atoms with E-state index in [0.29, 0.717) is 18.9 Å². The predicted octanol–water partition coefficient (Wildman–Crippen LogP) is 2.56. The van der Waals surface area contributed by atoms with Gasteiger partial charge in [-0.25, -0.2) is 17.1 Å².